The Morgan fingerprint density at radius 1 is 1.00 bits per heavy atom. The first-order valence-electron chi connectivity index (χ1n) is 13.8. The molecule has 0 bridgehead atoms. The van der Waals surface area contributed by atoms with Crippen molar-refractivity contribution >= 4 is 16.0 Å². The van der Waals surface area contributed by atoms with Crippen LogP contribution in [-0.2, 0) is 14.9 Å². The summed E-state index contributed by atoms with van der Waals surface area (Å²) in [6, 6.07) is 0. The molecule has 6 nitrogen and oxygen atoms in total. The molecule has 196 valence electrons. The van der Waals surface area contributed by atoms with E-state index in [1.807, 2.05) is 0 Å². The average molecular weight is 498 g/mol. The maximum atomic E-state index is 12.3. The molecule has 0 saturated heterocycles. The fourth-order valence-corrected chi connectivity index (χ4v) is 9.52. The van der Waals surface area contributed by atoms with Gasteiger partial charge in [-0.1, -0.05) is 20.8 Å². The average Bonchev–Trinajstić information content (AvgIpc) is 3.13. The minimum absolute atomic E-state index is 0.0465. The summed E-state index contributed by atoms with van der Waals surface area (Å²) < 4.78 is 31.4. The highest BCUT2D eigenvalue weighted by atomic mass is 32.2. The van der Waals surface area contributed by atoms with Crippen LogP contribution < -0.4 is 5.32 Å². The lowest BCUT2D eigenvalue weighted by atomic mass is 9.44. The lowest BCUT2D eigenvalue weighted by Crippen LogP contribution is -2.54. The van der Waals surface area contributed by atoms with Crippen molar-refractivity contribution in [2.75, 3.05) is 6.54 Å². The number of rotatable bonds is 7. The minimum atomic E-state index is -4.12. The Balaban J connectivity index is 1.35. The molecular weight excluding hydrogens is 450 g/mol. The van der Waals surface area contributed by atoms with E-state index in [0.717, 1.165) is 37.0 Å². The molecule has 3 N–H and O–H groups in total. The molecule has 0 heterocycles. The van der Waals surface area contributed by atoms with Crippen LogP contribution in [0.4, 0.5) is 0 Å². The number of aliphatic hydroxyl groups excluding tert-OH is 1. The fraction of sp³-hybridized carbons (Fsp3) is 0.963. The quantitative estimate of drug-likeness (QED) is 0.438. The smallest absolute Gasteiger partial charge is 0.269 e. The Morgan fingerprint density at radius 2 is 1.68 bits per heavy atom. The zero-order valence-corrected chi connectivity index (χ0v) is 22.4. The summed E-state index contributed by atoms with van der Waals surface area (Å²) in [5.41, 5.74) is 0.762. The van der Waals surface area contributed by atoms with Gasteiger partial charge in [0.15, 0.2) is 0 Å². The number of nitrogens with one attached hydrogen (secondary N) is 1. The molecule has 0 aromatic heterocycles. The zero-order chi connectivity index (χ0) is 24.9. The molecule has 0 unspecified atom stereocenters. The lowest BCUT2D eigenvalue weighted by Gasteiger charge is -2.61. The summed E-state index contributed by atoms with van der Waals surface area (Å²) in [4.78, 5) is 12.3. The molecule has 0 spiro atoms. The molecule has 1 amide bonds. The molecule has 4 aliphatic carbocycles. The predicted octanol–water partition coefficient (Wildman–Crippen LogP) is 4.82. The highest BCUT2D eigenvalue weighted by Crippen LogP contribution is 2.68. The van der Waals surface area contributed by atoms with E-state index in [0.29, 0.717) is 35.0 Å². The molecule has 0 aromatic rings. The van der Waals surface area contributed by atoms with Crippen LogP contribution in [0.1, 0.15) is 98.3 Å². The molecule has 34 heavy (non-hydrogen) atoms. The van der Waals surface area contributed by atoms with E-state index >= 15 is 0 Å². The number of hydrogen-bond donors (Lipinski definition) is 3. The minimum Gasteiger partial charge on any atom is -0.393 e. The Labute approximate surface area is 206 Å². The third kappa shape index (κ3) is 4.82. The molecule has 7 heteroatoms. The van der Waals surface area contributed by atoms with Gasteiger partial charge in [-0.15, -0.1) is 0 Å². The normalized spacial score (nSPS) is 43.8. The van der Waals surface area contributed by atoms with Crippen molar-refractivity contribution in [2.24, 2.45) is 46.3 Å². The van der Waals surface area contributed by atoms with Crippen molar-refractivity contribution in [3.63, 3.8) is 0 Å². The standard InChI is InChI=1S/C27H47NO5S/c1-17(5-10-25(30)28-16-18(2)34(31,32)33)22-8-9-23-21-7-6-19-15-20(29)11-13-26(19,3)24(21)12-14-27(22,23)4/h17-24,29H,5-16H2,1-4H3,(H,28,30)(H,31,32,33)/t17-,18+,19-,20-,21+,22-,23+,24+,26+,27-/m1/s1. The van der Waals surface area contributed by atoms with Gasteiger partial charge in [0.1, 0.15) is 5.25 Å². The first-order valence-corrected chi connectivity index (χ1v) is 15.3. The molecule has 4 fully saturated rings. The first kappa shape index (κ1) is 26.4. The van der Waals surface area contributed by atoms with Crippen LogP contribution in [0.2, 0.25) is 0 Å². The van der Waals surface area contributed by atoms with Gasteiger partial charge < -0.3 is 10.4 Å². The first-order chi connectivity index (χ1) is 15.9. The number of hydrogen-bond acceptors (Lipinski definition) is 4. The zero-order valence-electron chi connectivity index (χ0n) is 21.6. The maximum absolute atomic E-state index is 12.3. The van der Waals surface area contributed by atoms with Crippen LogP contribution in [-0.4, -0.2) is 41.9 Å². The largest absolute Gasteiger partial charge is 0.393 e. The van der Waals surface area contributed by atoms with Gasteiger partial charge in [-0.05, 0) is 117 Å². The molecule has 4 saturated carbocycles. The Morgan fingerprint density at radius 3 is 2.38 bits per heavy atom. The number of fused-ring (bicyclic) bond motifs is 5. The van der Waals surface area contributed by atoms with Crippen LogP contribution in [0, 0.1) is 46.3 Å². The number of carbonyl (C=O) groups is 1. The Hall–Kier alpha value is -0.660. The summed E-state index contributed by atoms with van der Waals surface area (Å²) in [5.74, 6) is 4.08. The SMILES string of the molecule is C[C@H](CCC(=O)NC[C@H](C)S(=O)(=O)O)[C@H]1CC[C@H]2[C@@H]3CC[C@@H]4C[C@H](O)CC[C@]4(C)[C@H]3CC[C@]12C. The molecular formula is C27H47NO5S. The van der Waals surface area contributed by atoms with Crippen LogP contribution in [0.15, 0.2) is 0 Å². The van der Waals surface area contributed by atoms with Gasteiger partial charge in [0, 0.05) is 13.0 Å². The summed E-state index contributed by atoms with van der Waals surface area (Å²) in [7, 11) is -4.12. The topological polar surface area (TPSA) is 104 Å². The van der Waals surface area contributed by atoms with E-state index < -0.39 is 15.4 Å². The van der Waals surface area contributed by atoms with Crippen LogP contribution in [0.25, 0.3) is 0 Å². The molecule has 4 rings (SSSR count). The van der Waals surface area contributed by atoms with Crippen molar-refractivity contribution in [3.8, 4) is 0 Å². The van der Waals surface area contributed by atoms with E-state index in [1.54, 1.807) is 0 Å². The Bertz CT molecular complexity index is 861. The predicted molar refractivity (Wildman–Crippen MR) is 134 cm³/mol. The summed E-state index contributed by atoms with van der Waals surface area (Å²) in [6.07, 6.45) is 12.1. The third-order valence-corrected chi connectivity index (χ3v) is 12.5. The summed E-state index contributed by atoms with van der Waals surface area (Å²) >= 11 is 0. The highest BCUT2D eigenvalue weighted by molar-refractivity contribution is 7.86. The van der Waals surface area contributed by atoms with Gasteiger partial charge in [0.25, 0.3) is 10.1 Å². The second-order valence-electron chi connectivity index (χ2n) is 13.0. The maximum Gasteiger partial charge on any atom is 0.269 e. The van der Waals surface area contributed by atoms with Crippen molar-refractivity contribution in [1.82, 2.24) is 5.32 Å². The second-order valence-corrected chi connectivity index (χ2v) is 14.8. The van der Waals surface area contributed by atoms with Gasteiger partial charge in [0.05, 0.1) is 6.10 Å². The second kappa shape index (κ2) is 9.66. The van der Waals surface area contributed by atoms with Gasteiger partial charge in [-0.25, -0.2) is 0 Å². The van der Waals surface area contributed by atoms with Gasteiger partial charge in [-0.3, -0.25) is 9.35 Å². The van der Waals surface area contributed by atoms with Crippen LogP contribution in [0.5, 0.6) is 0 Å². The van der Waals surface area contributed by atoms with E-state index in [2.05, 4.69) is 26.1 Å². The van der Waals surface area contributed by atoms with Crippen molar-refractivity contribution in [2.45, 2.75) is 110 Å². The molecule has 0 aliphatic heterocycles. The van der Waals surface area contributed by atoms with E-state index in [-0.39, 0.29) is 18.6 Å². The number of carbonyl (C=O) groups excluding carboxylic acids is 1. The molecule has 10 atom stereocenters. The van der Waals surface area contributed by atoms with Crippen molar-refractivity contribution < 1.29 is 22.9 Å². The summed E-state index contributed by atoms with van der Waals surface area (Å²) in [5, 5.41) is 12.0. The van der Waals surface area contributed by atoms with Gasteiger partial charge >= 0.3 is 0 Å². The fourth-order valence-electron chi connectivity index (χ4n) is 9.22. The van der Waals surface area contributed by atoms with Gasteiger partial charge in [-0.2, -0.15) is 8.42 Å². The van der Waals surface area contributed by atoms with E-state index in [1.165, 1.54) is 51.9 Å². The van der Waals surface area contributed by atoms with Crippen LogP contribution in [0.3, 0.4) is 0 Å². The molecule has 4 aliphatic rings. The molecule has 0 aromatic carbocycles. The van der Waals surface area contributed by atoms with Crippen LogP contribution >= 0.6 is 0 Å². The monoisotopic (exact) mass is 497 g/mol. The Kier molecular flexibility index (Phi) is 7.50. The van der Waals surface area contributed by atoms with Crippen molar-refractivity contribution in [3.05, 3.63) is 0 Å². The van der Waals surface area contributed by atoms with Gasteiger partial charge in [0.2, 0.25) is 5.91 Å². The number of amides is 1. The lowest BCUT2D eigenvalue weighted by molar-refractivity contribution is -0.129. The van der Waals surface area contributed by atoms with E-state index in [4.69, 9.17) is 4.55 Å². The third-order valence-electron chi connectivity index (χ3n) is 11.3. The van der Waals surface area contributed by atoms with Crippen molar-refractivity contribution in [1.29, 1.82) is 0 Å². The molecule has 0 radical (unpaired) electrons. The summed E-state index contributed by atoms with van der Waals surface area (Å²) in [6.45, 7) is 8.74. The van der Waals surface area contributed by atoms with E-state index in [9.17, 15) is 18.3 Å². The highest BCUT2D eigenvalue weighted by Gasteiger charge is 2.60. The number of aliphatic hydroxyl groups is 1.